The minimum Gasteiger partial charge on any atom is -0.465 e. The van der Waals surface area contributed by atoms with E-state index in [9.17, 15) is 9.90 Å². The molecule has 2 aromatic rings. The number of carbonyl (C=O) groups excluding carboxylic acids is 1. The van der Waals surface area contributed by atoms with Gasteiger partial charge in [0.25, 0.3) is 0 Å². The maximum absolute atomic E-state index is 11.7. The number of benzene rings is 1. The number of fused-ring (bicyclic) bond motifs is 1. The molecule has 3 rings (SSSR count). The van der Waals surface area contributed by atoms with Gasteiger partial charge >= 0.3 is 5.97 Å². The summed E-state index contributed by atoms with van der Waals surface area (Å²) in [6.07, 6.45) is 3.49. The van der Waals surface area contributed by atoms with Crippen LogP contribution >= 0.6 is 27.3 Å². The molecular weight excluding hydrogens is 354 g/mol. The number of aliphatic hydroxyl groups excluding tert-OH is 1. The van der Waals surface area contributed by atoms with Gasteiger partial charge in [0.2, 0.25) is 0 Å². The first-order chi connectivity index (χ1) is 10.1. The second-order valence-corrected chi connectivity index (χ2v) is 7.27. The smallest absolute Gasteiger partial charge is 0.339 e. The van der Waals surface area contributed by atoms with E-state index in [0.717, 1.165) is 45.4 Å². The number of hydrogen-bond donors (Lipinski definition) is 1. The molecule has 1 aliphatic carbocycles. The minimum absolute atomic E-state index is 0.157. The Labute approximate surface area is 135 Å². The molecule has 1 N–H and O–H groups in total. The van der Waals surface area contributed by atoms with Crippen LogP contribution in [0.25, 0.3) is 10.2 Å². The van der Waals surface area contributed by atoms with E-state index >= 15 is 0 Å². The van der Waals surface area contributed by atoms with Crippen LogP contribution in [0.2, 0.25) is 0 Å². The highest BCUT2D eigenvalue weighted by molar-refractivity contribution is 9.10. The topological polar surface area (TPSA) is 59.4 Å². The Balaban J connectivity index is 1.94. The summed E-state index contributed by atoms with van der Waals surface area (Å²) in [7, 11) is 1.37. The van der Waals surface area contributed by atoms with Gasteiger partial charge in [-0.3, -0.25) is 0 Å². The number of aromatic nitrogens is 1. The van der Waals surface area contributed by atoms with E-state index in [1.807, 2.05) is 6.07 Å². The van der Waals surface area contributed by atoms with Crippen molar-refractivity contribution >= 4 is 43.5 Å². The maximum atomic E-state index is 11.7. The van der Waals surface area contributed by atoms with Gasteiger partial charge in [-0.25, -0.2) is 9.78 Å². The summed E-state index contributed by atoms with van der Waals surface area (Å²) in [6, 6.07) is 3.71. The molecule has 0 atom stereocenters. The molecule has 0 spiro atoms. The molecule has 1 heterocycles. The van der Waals surface area contributed by atoms with E-state index in [2.05, 4.69) is 20.9 Å². The molecule has 1 saturated carbocycles. The first-order valence-electron chi connectivity index (χ1n) is 6.95. The van der Waals surface area contributed by atoms with Crippen molar-refractivity contribution in [3.8, 4) is 0 Å². The van der Waals surface area contributed by atoms with Crippen LogP contribution in [0.15, 0.2) is 16.6 Å². The average Bonchev–Trinajstić information content (AvgIpc) is 2.89. The van der Waals surface area contributed by atoms with Gasteiger partial charge in [-0.1, -0.05) is 0 Å². The highest BCUT2D eigenvalue weighted by atomic mass is 79.9. The number of halogens is 1. The molecule has 1 aromatic carbocycles. The lowest BCUT2D eigenvalue weighted by Crippen LogP contribution is -2.16. The quantitative estimate of drug-likeness (QED) is 0.816. The van der Waals surface area contributed by atoms with Gasteiger partial charge in [0, 0.05) is 10.4 Å². The molecule has 112 valence electrons. The molecule has 1 aliphatic rings. The van der Waals surface area contributed by atoms with Crippen LogP contribution < -0.4 is 0 Å². The van der Waals surface area contributed by atoms with Gasteiger partial charge < -0.3 is 9.84 Å². The Morgan fingerprint density at radius 2 is 2.10 bits per heavy atom. The second-order valence-electron chi connectivity index (χ2n) is 5.35. The number of methoxy groups -OCH3 is 1. The fraction of sp³-hybridized carbons (Fsp3) is 0.467. The highest BCUT2D eigenvalue weighted by Gasteiger charge is 2.24. The van der Waals surface area contributed by atoms with Crippen LogP contribution in [0, 0.1) is 0 Å². The molecule has 0 saturated heterocycles. The predicted octanol–water partition coefficient (Wildman–Crippen LogP) is 3.86. The van der Waals surface area contributed by atoms with E-state index in [1.54, 1.807) is 17.4 Å². The van der Waals surface area contributed by atoms with Crippen molar-refractivity contribution in [2.45, 2.75) is 37.7 Å². The summed E-state index contributed by atoms with van der Waals surface area (Å²) in [4.78, 5) is 16.4. The lowest BCUT2D eigenvalue weighted by atomic mass is 9.88. The number of carbonyl (C=O) groups is 1. The number of esters is 1. The molecule has 21 heavy (non-hydrogen) atoms. The molecule has 0 bridgehead atoms. The van der Waals surface area contributed by atoms with Crippen molar-refractivity contribution in [1.29, 1.82) is 0 Å². The van der Waals surface area contributed by atoms with Crippen molar-refractivity contribution in [2.24, 2.45) is 0 Å². The maximum Gasteiger partial charge on any atom is 0.339 e. The van der Waals surface area contributed by atoms with Gasteiger partial charge in [0.05, 0.1) is 34.0 Å². The standard InChI is InChI=1S/C15H16BrNO3S/c1-20-15(19)10-6-12-13(7-11(10)16)21-14(17-12)8-2-4-9(18)5-3-8/h6-9,18H,2-5H2,1H3. The summed E-state index contributed by atoms with van der Waals surface area (Å²) in [5, 5.41) is 10.7. The predicted molar refractivity (Wildman–Crippen MR) is 85.9 cm³/mol. The molecule has 4 nitrogen and oxygen atoms in total. The van der Waals surface area contributed by atoms with Crippen LogP contribution in [0.4, 0.5) is 0 Å². The number of ether oxygens (including phenoxy) is 1. The van der Waals surface area contributed by atoms with E-state index in [-0.39, 0.29) is 12.1 Å². The molecule has 1 aromatic heterocycles. The van der Waals surface area contributed by atoms with Crippen LogP contribution in [0.5, 0.6) is 0 Å². The summed E-state index contributed by atoms with van der Waals surface area (Å²) in [6.45, 7) is 0. The molecule has 0 unspecified atom stereocenters. The Kier molecular flexibility index (Phi) is 4.28. The molecule has 0 amide bonds. The molecule has 0 radical (unpaired) electrons. The third-order valence-electron chi connectivity index (χ3n) is 3.95. The Morgan fingerprint density at radius 3 is 2.76 bits per heavy atom. The zero-order valence-electron chi connectivity index (χ0n) is 11.6. The average molecular weight is 370 g/mol. The van der Waals surface area contributed by atoms with Crippen LogP contribution in [-0.4, -0.2) is 29.3 Å². The molecular formula is C15H16BrNO3S. The summed E-state index contributed by atoms with van der Waals surface area (Å²) < 4.78 is 6.58. The molecule has 1 fully saturated rings. The van der Waals surface area contributed by atoms with E-state index in [4.69, 9.17) is 4.74 Å². The molecule has 6 heteroatoms. The first-order valence-corrected chi connectivity index (χ1v) is 8.56. The Bertz CT molecular complexity index is 677. The fourth-order valence-corrected chi connectivity index (χ4v) is 4.55. The van der Waals surface area contributed by atoms with Crippen molar-refractivity contribution < 1.29 is 14.6 Å². The van der Waals surface area contributed by atoms with Crippen molar-refractivity contribution in [1.82, 2.24) is 4.98 Å². The SMILES string of the molecule is COC(=O)c1cc2nc(C3CCC(O)CC3)sc2cc1Br. The summed E-state index contributed by atoms with van der Waals surface area (Å²) in [5.74, 6) is 0.0604. The first kappa shape index (κ1) is 14.9. The second kappa shape index (κ2) is 6.02. The highest BCUT2D eigenvalue weighted by Crippen LogP contribution is 2.38. The summed E-state index contributed by atoms with van der Waals surface area (Å²) in [5.41, 5.74) is 1.34. The summed E-state index contributed by atoms with van der Waals surface area (Å²) >= 11 is 5.09. The van der Waals surface area contributed by atoms with Crippen LogP contribution in [0.3, 0.4) is 0 Å². The van der Waals surface area contributed by atoms with E-state index < -0.39 is 0 Å². The van der Waals surface area contributed by atoms with Gasteiger partial charge in [0.1, 0.15) is 0 Å². The van der Waals surface area contributed by atoms with E-state index in [0.29, 0.717) is 11.5 Å². The Hall–Kier alpha value is -0.980. The third kappa shape index (κ3) is 2.98. The monoisotopic (exact) mass is 369 g/mol. The lowest BCUT2D eigenvalue weighted by molar-refractivity contribution is 0.0600. The normalized spacial score (nSPS) is 22.4. The Morgan fingerprint density at radius 1 is 1.38 bits per heavy atom. The number of aliphatic hydroxyl groups is 1. The van der Waals surface area contributed by atoms with Crippen LogP contribution in [0.1, 0.15) is 47.0 Å². The van der Waals surface area contributed by atoms with Crippen molar-refractivity contribution in [3.05, 3.63) is 27.2 Å². The molecule has 0 aliphatic heterocycles. The van der Waals surface area contributed by atoms with Gasteiger partial charge in [0.15, 0.2) is 0 Å². The number of hydrogen-bond acceptors (Lipinski definition) is 5. The third-order valence-corrected chi connectivity index (χ3v) is 5.78. The number of rotatable bonds is 2. The zero-order valence-corrected chi connectivity index (χ0v) is 14.0. The van der Waals surface area contributed by atoms with Gasteiger partial charge in [-0.05, 0) is 53.7 Å². The largest absolute Gasteiger partial charge is 0.465 e. The van der Waals surface area contributed by atoms with Crippen molar-refractivity contribution in [2.75, 3.05) is 7.11 Å². The minimum atomic E-state index is -0.362. The lowest BCUT2D eigenvalue weighted by Gasteiger charge is -2.23. The fourth-order valence-electron chi connectivity index (χ4n) is 2.73. The van der Waals surface area contributed by atoms with Gasteiger partial charge in [-0.2, -0.15) is 0 Å². The number of thiazole rings is 1. The van der Waals surface area contributed by atoms with E-state index in [1.165, 1.54) is 7.11 Å². The zero-order chi connectivity index (χ0) is 15.0. The van der Waals surface area contributed by atoms with Crippen molar-refractivity contribution in [3.63, 3.8) is 0 Å². The van der Waals surface area contributed by atoms with Gasteiger partial charge in [-0.15, -0.1) is 11.3 Å². The number of nitrogens with zero attached hydrogens (tertiary/aromatic N) is 1. The van der Waals surface area contributed by atoms with Crippen LogP contribution in [-0.2, 0) is 4.74 Å².